The fourth-order valence-electron chi connectivity index (χ4n) is 4.20. The average Bonchev–Trinajstić information content (AvgIpc) is 2.47. The SMILES string of the molecule is CC1(C)[C@H]2CC[C@@H](CNC(=O)c3cc(F)ccc3Br)[C@@H]1C2. The molecule has 4 heteroatoms. The fourth-order valence-corrected chi connectivity index (χ4v) is 4.62. The van der Waals surface area contributed by atoms with Gasteiger partial charge in [0.2, 0.25) is 0 Å². The third-order valence-corrected chi connectivity index (χ3v) is 6.39. The molecular weight excluding hydrogens is 333 g/mol. The molecule has 0 spiro atoms. The number of nitrogens with one attached hydrogen (secondary N) is 1. The van der Waals surface area contributed by atoms with Crippen molar-refractivity contribution in [2.24, 2.45) is 23.2 Å². The Morgan fingerprint density at radius 3 is 2.86 bits per heavy atom. The zero-order valence-corrected chi connectivity index (χ0v) is 14.0. The molecule has 1 aromatic carbocycles. The Morgan fingerprint density at radius 2 is 2.19 bits per heavy atom. The van der Waals surface area contributed by atoms with E-state index in [2.05, 4.69) is 35.1 Å². The van der Waals surface area contributed by atoms with Crippen molar-refractivity contribution in [1.29, 1.82) is 0 Å². The van der Waals surface area contributed by atoms with Crippen LogP contribution in [-0.2, 0) is 0 Å². The van der Waals surface area contributed by atoms with Crippen molar-refractivity contribution in [2.45, 2.75) is 33.1 Å². The van der Waals surface area contributed by atoms with E-state index in [1.165, 1.54) is 31.4 Å². The van der Waals surface area contributed by atoms with Crippen LogP contribution in [0.1, 0.15) is 43.5 Å². The highest BCUT2D eigenvalue weighted by Crippen LogP contribution is 2.61. The molecule has 3 aliphatic carbocycles. The Kier molecular flexibility index (Phi) is 3.85. The van der Waals surface area contributed by atoms with Crippen LogP contribution < -0.4 is 5.32 Å². The minimum absolute atomic E-state index is 0.194. The van der Waals surface area contributed by atoms with Crippen molar-refractivity contribution in [3.8, 4) is 0 Å². The van der Waals surface area contributed by atoms with Crippen LogP contribution in [0.3, 0.4) is 0 Å². The lowest BCUT2D eigenvalue weighted by Gasteiger charge is -2.60. The standard InChI is InChI=1S/C17H21BrFNO/c1-17(2)11-4-3-10(14(17)7-11)9-20-16(21)13-8-12(19)5-6-15(13)18/h5-6,8,10-11,14H,3-4,7,9H2,1-2H3,(H,20,21)/t10-,11-,14-/m0/s1. The predicted molar refractivity (Wildman–Crippen MR) is 84.5 cm³/mol. The van der Waals surface area contributed by atoms with Crippen molar-refractivity contribution in [1.82, 2.24) is 5.32 Å². The van der Waals surface area contributed by atoms with Crippen LogP contribution in [-0.4, -0.2) is 12.5 Å². The van der Waals surface area contributed by atoms with E-state index >= 15 is 0 Å². The maximum atomic E-state index is 13.3. The molecular formula is C17H21BrFNO. The normalized spacial score (nSPS) is 29.6. The van der Waals surface area contributed by atoms with Gasteiger partial charge in [0.1, 0.15) is 5.82 Å². The molecule has 3 fully saturated rings. The second kappa shape index (κ2) is 5.38. The van der Waals surface area contributed by atoms with Crippen molar-refractivity contribution >= 4 is 21.8 Å². The Hall–Kier alpha value is -0.900. The summed E-state index contributed by atoms with van der Waals surface area (Å²) in [6.45, 7) is 5.40. The number of benzene rings is 1. The van der Waals surface area contributed by atoms with Crippen LogP contribution in [0.25, 0.3) is 0 Å². The summed E-state index contributed by atoms with van der Waals surface area (Å²) in [5.74, 6) is 1.56. The molecule has 0 heterocycles. The summed E-state index contributed by atoms with van der Waals surface area (Å²) in [6.07, 6.45) is 3.77. The molecule has 3 atom stereocenters. The summed E-state index contributed by atoms with van der Waals surface area (Å²) in [5, 5.41) is 2.99. The van der Waals surface area contributed by atoms with Gasteiger partial charge in [-0.05, 0) is 76.6 Å². The van der Waals surface area contributed by atoms with E-state index in [0.717, 1.165) is 5.92 Å². The van der Waals surface area contributed by atoms with Gasteiger partial charge in [-0.2, -0.15) is 0 Å². The zero-order chi connectivity index (χ0) is 15.2. The van der Waals surface area contributed by atoms with Crippen LogP contribution >= 0.6 is 15.9 Å². The summed E-state index contributed by atoms with van der Waals surface area (Å²) in [4.78, 5) is 12.2. The first-order valence-corrected chi connectivity index (χ1v) is 8.42. The van der Waals surface area contributed by atoms with Gasteiger partial charge in [-0.1, -0.05) is 13.8 Å². The fraction of sp³-hybridized carbons (Fsp3) is 0.588. The third-order valence-electron chi connectivity index (χ3n) is 5.70. The van der Waals surface area contributed by atoms with Gasteiger partial charge in [0.25, 0.3) is 5.91 Å². The summed E-state index contributed by atoms with van der Waals surface area (Å²) in [6, 6.07) is 4.20. The number of rotatable bonds is 3. The van der Waals surface area contributed by atoms with Gasteiger partial charge in [-0.3, -0.25) is 4.79 Å². The van der Waals surface area contributed by atoms with E-state index in [1.807, 2.05) is 0 Å². The van der Waals surface area contributed by atoms with Crippen LogP contribution in [0.4, 0.5) is 4.39 Å². The molecule has 0 unspecified atom stereocenters. The van der Waals surface area contributed by atoms with Crippen LogP contribution in [0, 0.1) is 29.0 Å². The molecule has 3 saturated carbocycles. The van der Waals surface area contributed by atoms with Gasteiger partial charge in [0.05, 0.1) is 5.56 Å². The third kappa shape index (κ3) is 2.63. The van der Waals surface area contributed by atoms with E-state index in [4.69, 9.17) is 0 Å². The van der Waals surface area contributed by atoms with E-state index < -0.39 is 0 Å². The van der Waals surface area contributed by atoms with Crippen molar-refractivity contribution in [3.63, 3.8) is 0 Å². The molecule has 0 aliphatic heterocycles. The minimum Gasteiger partial charge on any atom is -0.352 e. The van der Waals surface area contributed by atoms with E-state index in [0.29, 0.717) is 33.8 Å². The lowest BCUT2D eigenvalue weighted by molar-refractivity contribution is -0.103. The van der Waals surface area contributed by atoms with Gasteiger partial charge in [-0.15, -0.1) is 0 Å². The first-order chi connectivity index (χ1) is 9.89. The van der Waals surface area contributed by atoms with Crippen molar-refractivity contribution in [3.05, 3.63) is 34.1 Å². The molecule has 0 radical (unpaired) electrons. The Balaban J connectivity index is 1.63. The first-order valence-electron chi connectivity index (χ1n) is 7.63. The summed E-state index contributed by atoms with van der Waals surface area (Å²) in [7, 11) is 0. The summed E-state index contributed by atoms with van der Waals surface area (Å²) in [5.41, 5.74) is 0.796. The van der Waals surface area contributed by atoms with E-state index in [9.17, 15) is 9.18 Å². The zero-order valence-electron chi connectivity index (χ0n) is 12.5. The van der Waals surface area contributed by atoms with Crippen LogP contribution in [0.2, 0.25) is 0 Å². The lowest BCUT2D eigenvalue weighted by Crippen LogP contribution is -2.54. The van der Waals surface area contributed by atoms with Crippen molar-refractivity contribution in [2.75, 3.05) is 6.54 Å². The van der Waals surface area contributed by atoms with Gasteiger partial charge >= 0.3 is 0 Å². The number of fused-ring (bicyclic) bond motifs is 2. The van der Waals surface area contributed by atoms with Crippen molar-refractivity contribution < 1.29 is 9.18 Å². The highest BCUT2D eigenvalue weighted by molar-refractivity contribution is 9.10. The topological polar surface area (TPSA) is 29.1 Å². The smallest absolute Gasteiger partial charge is 0.252 e. The Labute approximate surface area is 133 Å². The molecule has 4 rings (SSSR count). The van der Waals surface area contributed by atoms with E-state index in [1.54, 1.807) is 6.07 Å². The second-order valence-electron chi connectivity index (χ2n) is 7.03. The second-order valence-corrected chi connectivity index (χ2v) is 7.89. The van der Waals surface area contributed by atoms with E-state index in [-0.39, 0.29) is 11.7 Å². The molecule has 1 amide bonds. The number of hydrogen-bond donors (Lipinski definition) is 1. The molecule has 2 nitrogen and oxygen atoms in total. The first kappa shape index (κ1) is 15.0. The number of carbonyl (C=O) groups excluding carboxylic acids is 1. The molecule has 0 saturated heterocycles. The Bertz CT molecular complexity index is 570. The Morgan fingerprint density at radius 1 is 1.43 bits per heavy atom. The highest BCUT2D eigenvalue weighted by Gasteiger charge is 2.53. The average molecular weight is 354 g/mol. The largest absolute Gasteiger partial charge is 0.352 e. The summed E-state index contributed by atoms with van der Waals surface area (Å²) < 4.78 is 13.9. The molecule has 1 N–H and O–H groups in total. The molecule has 0 aromatic heterocycles. The quantitative estimate of drug-likeness (QED) is 0.857. The molecule has 21 heavy (non-hydrogen) atoms. The number of amides is 1. The maximum absolute atomic E-state index is 13.3. The molecule has 114 valence electrons. The van der Waals surface area contributed by atoms with Gasteiger partial charge in [0.15, 0.2) is 0 Å². The van der Waals surface area contributed by atoms with Crippen LogP contribution in [0.15, 0.2) is 22.7 Å². The number of hydrogen-bond acceptors (Lipinski definition) is 1. The molecule has 1 aromatic rings. The maximum Gasteiger partial charge on any atom is 0.252 e. The monoisotopic (exact) mass is 353 g/mol. The van der Waals surface area contributed by atoms with Gasteiger partial charge in [-0.25, -0.2) is 4.39 Å². The molecule has 3 aliphatic rings. The highest BCUT2D eigenvalue weighted by atomic mass is 79.9. The number of carbonyl (C=O) groups is 1. The molecule has 2 bridgehead atoms. The predicted octanol–water partition coefficient (Wildman–Crippen LogP) is 4.39. The number of halogens is 2. The van der Waals surface area contributed by atoms with Gasteiger partial charge in [0, 0.05) is 11.0 Å². The summed E-state index contributed by atoms with van der Waals surface area (Å²) >= 11 is 3.31. The van der Waals surface area contributed by atoms with Crippen LogP contribution in [0.5, 0.6) is 0 Å². The minimum atomic E-state index is -0.385. The van der Waals surface area contributed by atoms with Gasteiger partial charge < -0.3 is 5.32 Å². The lowest BCUT2D eigenvalue weighted by atomic mass is 9.45.